The van der Waals surface area contributed by atoms with E-state index >= 15 is 0 Å². The molecule has 1 saturated carbocycles. The summed E-state index contributed by atoms with van der Waals surface area (Å²) in [6.07, 6.45) is 8.22. The fourth-order valence-corrected chi connectivity index (χ4v) is 2.08. The van der Waals surface area contributed by atoms with Crippen molar-refractivity contribution in [2.45, 2.75) is 64.6 Å². The number of hydrogen-bond acceptors (Lipinski definition) is 3. The summed E-state index contributed by atoms with van der Waals surface area (Å²) in [6, 6.07) is 3.46. The van der Waals surface area contributed by atoms with E-state index < -0.39 is 0 Å². The van der Waals surface area contributed by atoms with Gasteiger partial charge in [0.05, 0.1) is 12.8 Å². The lowest BCUT2D eigenvalue weighted by molar-refractivity contribution is 0.459. The van der Waals surface area contributed by atoms with Crippen LogP contribution in [0.25, 0.3) is 0 Å². The van der Waals surface area contributed by atoms with Crippen LogP contribution in [0.5, 0.6) is 0 Å². The molecule has 3 heteroatoms. The van der Waals surface area contributed by atoms with Crippen molar-refractivity contribution in [1.29, 1.82) is 0 Å². The zero-order chi connectivity index (χ0) is 12.8. The molecule has 2 rings (SSSR count). The van der Waals surface area contributed by atoms with Crippen molar-refractivity contribution < 1.29 is 4.42 Å². The molecular weight excluding hydrogens is 224 g/mol. The predicted octanol–water partition coefficient (Wildman–Crippen LogP) is 2.85. The first-order chi connectivity index (χ1) is 8.75. The van der Waals surface area contributed by atoms with Crippen molar-refractivity contribution in [2.24, 2.45) is 0 Å². The summed E-state index contributed by atoms with van der Waals surface area (Å²) in [5.74, 6) is 1.11. The van der Waals surface area contributed by atoms with Gasteiger partial charge in [0.1, 0.15) is 5.76 Å². The predicted molar refractivity (Wildman–Crippen MR) is 74.6 cm³/mol. The van der Waals surface area contributed by atoms with Crippen molar-refractivity contribution >= 4 is 0 Å². The van der Waals surface area contributed by atoms with Gasteiger partial charge in [-0.1, -0.05) is 13.8 Å². The Morgan fingerprint density at radius 1 is 1.33 bits per heavy atom. The highest BCUT2D eigenvalue weighted by atomic mass is 16.3. The van der Waals surface area contributed by atoms with E-state index in [1.165, 1.54) is 37.8 Å². The molecule has 18 heavy (non-hydrogen) atoms. The normalized spacial score (nSPS) is 15.5. The molecule has 1 fully saturated rings. The van der Waals surface area contributed by atoms with Crippen LogP contribution in [0, 0.1) is 0 Å². The Morgan fingerprint density at radius 2 is 2.17 bits per heavy atom. The van der Waals surface area contributed by atoms with Gasteiger partial charge in [0.25, 0.3) is 0 Å². The van der Waals surface area contributed by atoms with Crippen LogP contribution >= 0.6 is 0 Å². The molecule has 0 amide bonds. The van der Waals surface area contributed by atoms with E-state index in [4.69, 9.17) is 4.42 Å². The van der Waals surface area contributed by atoms with E-state index in [2.05, 4.69) is 30.5 Å². The largest absolute Gasteiger partial charge is 0.468 e. The molecule has 0 bridgehead atoms. The number of hydrogen-bond donors (Lipinski definition) is 2. The SMILES string of the molecule is CC(C)NCc1occc1CCCCNC1CC1. The second-order valence-corrected chi connectivity index (χ2v) is 5.59. The first-order valence-corrected chi connectivity index (χ1v) is 7.27. The quantitative estimate of drug-likeness (QED) is 0.662. The molecule has 102 valence electrons. The maximum atomic E-state index is 5.54. The van der Waals surface area contributed by atoms with Gasteiger partial charge in [-0.15, -0.1) is 0 Å². The maximum absolute atomic E-state index is 5.54. The molecule has 0 aromatic carbocycles. The highest BCUT2D eigenvalue weighted by Gasteiger charge is 2.19. The third-order valence-electron chi connectivity index (χ3n) is 3.39. The number of furan rings is 1. The van der Waals surface area contributed by atoms with Gasteiger partial charge >= 0.3 is 0 Å². The number of nitrogens with one attached hydrogen (secondary N) is 2. The van der Waals surface area contributed by atoms with Gasteiger partial charge in [-0.3, -0.25) is 0 Å². The van der Waals surface area contributed by atoms with Crippen LogP contribution in [0.3, 0.4) is 0 Å². The van der Waals surface area contributed by atoms with Crippen molar-refractivity contribution in [2.75, 3.05) is 6.54 Å². The highest BCUT2D eigenvalue weighted by molar-refractivity contribution is 5.17. The van der Waals surface area contributed by atoms with Crippen LogP contribution in [0.4, 0.5) is 0 Å². The summed E-state index contributed by atoms with van der Waals surface area (Å²) in [5, 5.41) is 6.96. The Hall–Kier alpha value is -0.800. The van der Waals surface area contributed by atoms with Gasteiger partial charge in [-0.25, -0.2) is 0 Å². The summed E-state index contributed by atoms with van der Waals surface area (Å²) in [5.41, 5.74) is 1.37. The summed E-state index contributed by atoms with van der Waals surface area (Å²) >= 11 is 0. The molecule has 1 aliphatic rings. The van der Waals surface area contributed by atoms with E-state index in [1.54, 1.807) is 0 Å². The fourth-order valence-electron chi connectivity index (χ4n) is 2.08. The third kappa shape index (κ3) is 4.83. The lowest BCUT2D eigenvalue weighted by Gasteiger charge is -2.08. The topological polar surface area (TPSA) is 37.2 Å². The van der Waals surface area contributed by atoms with Crippen LogP contribution in [0.2, 0.25) is 0 Å². The average molecular weight is 250 g/mol. The molecule has 0 saturated heterocycles. The minimum atomic E-state index is 0.505. The summed E-state index contributed by atoms with van der Waals surface area (Å²) in [7, 11) is 0. The Balaban J connectivity index is 1.63. The van der Waals surface area contributed by atoms with Gasteiger partial charge in [0.15, 0.2) is 0 Å². The molecule has 0 atom stereocenters. The van der Waals surface area contributed by atoms with Crippen molar-refractivity contribution in [3.8, 4) is 0 Å². The zero-order valence-corrected chi connectivity index (χ0v) is 11.7. The highest BCUT2D eigenvalue weighted by Crippen LogP contribution is 2.18. The minimum absolute atomic E-state index is 0.505. The second kappa shape index (κ2) is 6.95. The third-order valence-corrected chi connectivity index (χ3v) is 3.39. The molecule has 2 N–H and O–H groups in total. The van der Waals surface area contributed by atoms with Crippen molar-refractivity contribution in [1.82, 2.24) is 10.6 Å². The second-order valence-electron chi connectivity index (χ2n) is 5.59. The Morgan fingerprint density at radius 3 is 2.89 bits per heavy atom. The zero-order valence-electron chi connectivity index (χ0n) is 11.7. The lowest BCUT2D eigenvalue weighted by atomic mass is 10.1. The molecule has 0 radical (unpaired) electrons. The smallest absolute Gasteiger partial charge is 0.120 e. The van der Waals surface area contributed by atoms with E-state index in [0.717, 1.165) is 24.8 Å². The summed E-state index contributed by atoms with van der Waals surface area (Å²) < 4.78 is 5.54. The van der Waals surface area contributed by atoms with Crippen LogP contribution in [0.15, 0.2) is 16.7 Å². The van der Waals surface area contributed by atoms with E-state index in [9.17, 15) is 0 Å². The Labute approximate surface area is 110 Å². The van der Waals surface area contributed by atoms with Crippen LogP contribution < -0.4 is 10.6 Å². The van der Waals surface area contributed by atoms with Crippen LogP contribution in [-0.2, 0) is 13.0 Å². The molecular formula is C15H26N2O. The number of aryl methyl sites for hydroxylation is 1. The number of rotatable bonds is 9. The van der Waals surface area contributed by atoms with Crippen molar-refractivity contribution in [3.05, 3.63) is 23.7 Å². The molecule has 1 heterocycles. The van der Waals surface area contributed by atoms with Crippen molar-refractivity contribution in [3.63, 3.8) is 0 Å². The molecule has 0 unspecified atom stereocenters. The Kier molecular flexibility index (Phi) is 5.26. The molecule has 1 aromatic heterocycles. The molecule has 3 nitrogen and oxygen atoms in total. The van der Waals surface area contributed by atoms with Gasteiger partial charge in [-0.05, 0) is 50.3 Å². The molecule has 1 aromatic rings. The van der Waals surface area contributed by atoms with Gasteiger partial charge < -0.3 is 15.1 Å². The first-order valence-electron chi connectivity index (χ1n) is 7.27. The van der Waals surface area contributed by atoms with Gasteiger partial charge in [0.2, 0.25) is 0 Å². The fraction of sp³-hybridized carbons (Fsp3) is 0.733. The van der Waals surface area contributed by atoms with E-state index in [1.807, 2.05) is 6.26 Å². The molecule has 1 aliphatic carbocycles. The maximum Gasteiger partial charge on any atom is 0.120 e. The standard InChI is InChI=1S/C15H26N2O/c1-12(2)17-11-15-13(8-10-18-15)5-3-4-9-16-14-6-7-14/h8,10,12,14,16-17H,3-7,9,11H2,1-2H3. The van der Waals surface area contributed by atoms with E-state index in [0.29, 0.717) is 6.04 Å². The summed E-state index contributed by atoms with van der Waals surface area (Å²) in [4.78, 5) is 0. The number of unbranched alkanes of at least 4 members (excludes halogenated alkanes) is 1. The molecule has 0 aliphatic heterocycles. The monoisotopic (exact) mass is 250 g/mol. The van der Waals surface area contributed by atoms with Gasteiger partial charge in [0, 0.05) is 12.1 Å². The van der Waals surface area contributed by atoms with E-state index in [-0.39, 0.29) is 0 Å². The first kappa shape index (κ1) is 13.6. The average Bonchev–Trinajstić information content (AvgIpc) is 3.05. The van der Waals surface area contributed by atoms with Crippen LogP contribution in [0.1, 0.15) is 50.9 Å². The Bertz CT molecular complexity index is 342. The molecule has 0 spiro atoms. The lowest BCUT2D eigenvalue weighted by Crippen LogP contribution is -2.22. The summed E-state index contributed by atoms with van der Waals surface area (Å²) in [6.45, 7) is 6.33. The van der Waals surface area contributed by atoms with Crippen LogP contribution in [-0.4, -0.2) is 18.6 Å². The van der Waals surface area contributed by atoms with Gasteiger partial charge in [-0.2, -0.15) is 0 Å². The minimum Gasteiger partial charge on any atom is -0.468 e.